The zero-order chi connectivity index (χ0) is 16.4. The van der Waals surface area contributed by atoms with Gasteiger partial charge in [0.05, 0.1) is 28.7 Å². The summed E-state index contributed by atoms with van der Waals surface area (Å²) < 4.78 is 10.4. The van der Waals surface area contributed by atoms with E-state index in [2.05, 4.69) is 0 Å². The van der Waals surface area contributed by atoms with E-state index in [0.717, 1.165) is 5.56 Å². The van der Waals surface area contributed by atoms with Crippen molar-refractivity contribution in [2.75, 3.05) is 6.79 Å². The van der Waals surface area contributed by atoms with E-state index in [1.54, 1.807) is 0 Å². The van der Waals surface area contributed by atoms with Gasteiger partial charge in [-0.1, -0.05) is 30.3 Å². The van der Waals surface area contributed by atoms with Crippen LogP contribution in [0.25, 0.3) is 0 Å². The molecule has 1 aliphatic rings. The van der Waals surface area contributed by atoms with Gasteiger partial charge in [0.15, 0.2) is 11.5 Å². The number of nitro benzene ring substituents is 1. The molecule has 3 rings (SSSR count). The van der Waals surface area contributed by atoms with Crippen LogP contribution in [-0.4, -0.2) is 22.9 Å². The van der Waals surface area contributed by atoms with Crippen molar-refractivity contribution in [3.8, 4) is 11.5 Å². The summed E-state index contributed by atoms with van der Waals surface area (Å²) in [6, 6.07) is 11.2. The van der Waals surface area contributed by atoms with Crippen LogP contribution in [0, 0.1) is 10.1 Å². The Morgan fingerprint density at radius 1 is 1.22 bits per heavy atom. The lowest BCUT2D eigenvalue weighted by atomic mass is 9.95. The van der Waals surface area contributed by atoms with Crippen molar-refractivity contribution in [2.24, 2.45) is 5.73 Å². The fraction of sp³-hybridized carbons (Fsp3) is 0.250. The molecule has 2 aromatic carbocycles. The third kappa shape index (κ3) is 3.10. The smallest absolute Gasteiger partial charge is 0.278 e. The van der Waals surface area contributed by atoms with Gasteiger partial charge in [-0.3, -0.25) is 10.1 Å². The average molecular weight is 316 g/mol. The predicted octanol–water partition coefficient (Wildman–Crippen LogP) is 1.93. The number of benzene rings is 2. The number of ether oxygens (including phenoxy) is 2. The van der Waals surface area contributed by atoms with Crippen LogP contribution in [0.4, 0.5) is 5.69 Å². The fourth-order valence-electron chi connectivity index (χ4n) is 2.56. The van der Waals surface area contributed by atoms with Gasteiger partial charge in [0, 0.05) is 6.42 Å². The zero-order valence-electron chi connectivity index (χ0n) is 12.2. The summed E-state index contributed by atoms with van der Waals surface area (Å²) >= 11 is 0. The number of aliphatic hydroxyl groups is 1. The predicted molar refractivity (Wildman–Crippen MR) is 82.3 cm³/mol. The van der Waals surface area contributed by atoms with Gasteiger partial charge in [-0.25, -0.2) is 0 Å². The Hall–Kier alpha value is -2.64. The molecule has 7 nitrogen and oxygen atoms in total. The molecular formula is C16H16N2O5. The maximum Gasteiger partial charge on any atom is 0.278 e. The fourth-order valence-corrected chi connectivity index (χ4v) is 2.56. The first-order valence-electron chi connectivity index (χ1n) is 7.12. The van der Waals surface area contributed by atoms with Crippen molar-refractivity contribution in [3.05, 3.63) is 63.7 Å². The van der Waals surface area contributed by atoms with Crippen molar-refractivity contribution < 1.29 is 19.5 Å². The molecule has 1 heterocycles. The largest absolute Gasteiger partial charge is 0.454 e. The van der Waals surface area contributed by atoms with Gasteiger partial charge in [0.25, 0.3) is 5.69 Å². The number of nitro groups is 1. The van der Waals surface area contributed by atoms with Crippen LogP contribution in [0.2, 0.25) is 0 Å². The van der Waals surface area contributed by atoms with Crippen LogP contribution < -0.4 is 15.2 Å². The van der Waals surface area contributed by atoms with E-state index in [4.69, 9.17) is 15.2 Å². The lowest BCUT2D eigenvalue weighted by molar-refractivity contribution is -0.385. The summed E-state index contributed by atoms with van der Waals surface area (Å²) in [5, 5.41) is 21.6. The standard InChI is InChI=1S/C16H16N2O5/c17-16(13(19)6-10-4-2-1-3-5-10)11-7-14-15(23-9-22-14)8-12(11)18(20)21/h1-5,7-8,13,16,19H,6,9,17H2/t13-,16+/m0/s1. The Bertz CT molecular complexity index is 720. The highest BCUT2D eigenvalue weighted by atomic mass is 16.7. The molecule has 0 aromatic heterocycles. The van der Waals surface area contributed by atoms with Crippen LogP contribution in [0.15, 0.2) is 42.5 Å². The molecule has 120 valence electrons. The van der Waals surface area contributed by atoms with E-state index in [9.17, 15) is 15.2 Å². The second-order valence-electron chi connectivity index (χ2n) is 5.30. The number of hydrogen-bond acceptors (Lipinski definition) is 6. The molecule has 0 aliphatic carbocycles. The Labute approximate surface area is 132 Å². The molecule has 23 heavy (non-hydrogen) atoms. The number of nitrogens with two attached hydrogens (primary N) is 1. The highest BCUT2D eigenvalue weighted by Crippen LogP contribution is 2.40. The Balaban J connectivity index is 1.89. The van der Waals surface area contributed by atoms with Crippen LogP contribution in [0.3, 0.4) is 0 Å². The van der Waals surface area contributed by atoms with Crippen molar-refractivity contribution in [2.45, 2.75) is 18.6 Å². The maximum atomic E-state index is 11.3. The van der Waals surface area contributed by atoms with Gasteiger partial charge in [0.2, 0.25) is 6.79 Å². The monoisotopic (exact) mass is 316 g/mol. The van der Waals surface area contributed by atoms with Crippen LogP contribution in [-0.2, 0) is 6.42 Å². The number of fused-ring (bicyclic) bond motifs is 1. The molecule has 0 saturated heterocycles. The Morgan fingerprint density at radius 2 is 1.87 bits per heavy atom. The van der Waals surface area contributed by atoms with Crippen LogP contribution in [0.5, 0.6) is 11.5 Å². The van der Waals surface area contributed by atoms with E-state index in [0.29, 0.717) is 17.9 Å². The average Bonchev–Trinajstić information content (AvgIpc) is 3.01. The topological polar surface area (TPSA) is 108 Å². The van der Waals surface area contributed by atoms with Gasteiger partial charge in [-0.2, -0.15) is 0 Å². The van der Waals surface area contributed by atoms with Gasteiger partial charge < -0.3 is 20.3 Å². The Kier molecular flexibility index (Phi) is 4.14. The molecule has 0 saturated carbocycles. The molecule has 7 heteroatoms. The maximum absolute atomic E-state index is 11.3. The van der Waals surface area contributed by atoms with E-state index < -0.39 is 17.1 Å². The van der Waals surface area contributed by atoms with Gasteiger partial charge >= 0.3 is 0 Å². The summed E-state index contributed by atoms with van der Waals surface area (Å²) in [7, 11) is 0. The molecule has 0 amide bonds. The highest BCUT2D eigenvalue weighted by Gasteiger charge is 2.29. The van der Waals surface area contributed by atoms with Gasteiger partial charge in [-0.05, 0) is 11.6 Å². The molecule has 0 unspecified atom stereocenters. The summed E-state index contributed by atoms with van der Waals surface area (Å²) in [6.07, 6.45) is -0.662. The van der Waals surface area contributed by atoms with E-state index in [1.165, 1.54) is 12.1 Å². The van der Waals surface area contributed by atoms with E-state index in [-0.39, 0.29) is 18.0 Å². The highest BCUT2D eigenvalue weighted by molar-refractivity contribution is 5.56. The lowest BCUT2D eigenvalue weighted by Crippen LogP contribution is -2.28. The Morgan fingerprint density at radius 3 is 2.52 bits per heavy atom. The van der Waals surface area contributed by atoms with Crippen molar-refractivity contribution >= 4 is 5.69 Å². The van der Waals surface area contributed by atoms with Gasteiger partial charge in [0.1, 0.15) is 0 Å². The molecule has 0 bridgehead atoms. The lowest BCUT2D eigenvalue weighted by Gasteiger charge is -2.19. The zero-order valence-corrected chi connectivity index (χ0v) is 12.2. The minimum atomic E-state index is -0.962. The van der Waals surface area contributed by atoms with E-state index in [1.807, 2.05) is 30.3 Å². The SMILES string of the molecule is N[C@H](c1cc2c(cc1[N+](=O)[O-])OCO2)[C@@H](O)Cc1ccccc1. The van der Waals surface area contributed by atoms with Crippen molar-refractivity contribution in [1.29, 1.82) is 0 Å². The van der Waals surface area contributed by atoms with Crippen LogP contribution >= 0.6 is 0 Å². The molecule has 2 aromatic rings. The normalized spacial score (nSPS) is 15.2. The second-order valence-corrected chi connectivity index (χ2v) is 5.30. The second kappa shape index (κ2) is 6.23. The molecule has 0 radical (unpaired) electrons. The summed E-state index contributed by atoms with van der Waals surface area (Å²) in [5.41, 5.74) is 7.01. The first kappa shape index (κ1) is 15.3. The van der Waals surface area contributed by atoms with Gasteiger partial charge in [-0.15, -0.1) is 0 Å². The molecule has 0 fully saturated rings. The number of nitrogens with zero attached hydrogens (tertiary/aromatic N) is 1. The van der Waals surface area contributed by atoms with Crippen molar-refractivity contribution in [1.82, 2.24) is 0 Å². The molecule has 3 N–H and O–H groups in total. The van der Waals surface area contributed by atoms with Crippen LogP contribution in [0.1, 0.15) is 17.2 Å². The van der Waals surface area contributed by atoms with Crippen molar-refractivity contribution in [3.63, 3.8) is 0 Å². The number of aliphatic hydroxyl groups excluding tert-OH is 1. The first-order chi connectivity index (χ1) is 11.1. The third-order valence-electron chi connectivity index (χ3n) is 3.78. The number of rotatable bonds is 5. The minimum absolute atomic E-state index is 0.0117. The molecule has 2 atom stereocenters. The summed E-state index contributed by atoms with van der Waals surface area (Å²) in [4.78, 5) is 10.7. The quantitative estimate of drug-likeness (QED) is 0.644. The summed E-state index contributed by atoms with van der Waals surface area (Å²) in [5.74, 6) is 0.707. The third-order valence-corrected chi connectivity index (χ3v) is 3.78. The molecule has 0 spiro atoms. The molecule has 1 aliphatic heterocycles. The summed E-state index contributed by atoms with van der Waals surface area (Å²) in [6.45, 7) is 0.0117. The number of hydrogen-bond donors (Lipinski definition) is 2. The molecular weight excluding hydrogens is 300 g/mol. The van der Waals surface area contributed by atoms with E-state index >= 15 is 0 Å². The first-order valence-corrected chi connectivity index (χ1v) is 7.12. The minimum Gasteiger partial charge on any atom is -0.454 e.